The van der Waals surface area contributed by atoms with Crippen molar-refractivity contribution < 1.29 is 0 Å². The molecule has 0 aliphatic heterocycles. The summed E-state index contributed by atoms with van der Waals surface area (Å²) in [5, 5.41) is 0. The molecular formula is C22H20. The van der Waals surface area contributed by atoms with Crippen molar-refractivity contribution in [2.24, 2.45) is 35.5 Å². The lowest BCUT2D eigenvalue weighted by Gasteiger charge is -2.72. The molecule has 0 radical (unpaired) electrons. The third kappa shape index (κ3) is 1.72. The van der Waals surface area contributed by atoms with Gasteiger partial charge in [-0.1, -0.05) is 36.5 Å². The monoisotopic (exact) mass is 284 g/mol. The average molecular weight is 284 g/mol. The number of hydrogen-bond donors (Lipinski definition) is 0. The lowest BCUT2D eigenvalue weighted by molar-refractivity contribution is -0.221. The van der Waals surface area contributed by atoms with Crippen molar-refractivity contribution in [2.75, 3.05) is 0 Å². The van der Waals surface area contributed by atoms with E-state index in [9.17, 15) is 0 Å². The molecule has 3 fully saturated rings. The van der Waals surface area contributed by atoms with Crippen LogP contribution in [0.1, 0.15) is 12.8 Å². The summed E-state index contributed by atoms with van der Waals surface area (Å²) < 4.78 is 0. The van der Waals surface area contributed by atoms with Gasteiger partial charge in [-0.2, -0.15) is 0 Å². The van der Waals surface area contributed by atoms with Gasteiger partial charge < -0.3 is 0 Å². The van der Waals surface area contributed by atoms with Gasteiger partial charge >= 0.3 is 0 Å². The fraction of sp³-hybridized carbons (Fsp3) is 0.364. The topological polar surface area (TPSA) is 0 Å². The zero-order valence-corrected chi connectivity index (χ0v) is 12.7. The molecule has 5 aliphatic rings. The van der Waals surface area contributed by atoms with E-state index in [-0.39, 0.29) is 0 Å². The first kappa shape index (κ1) is 12.5. The van der Waals surface area contributed by atoms with Crippen molar-refractivity contribution in [1.29, 1.82) is 0 Å². The molecule has 0 heterocycles. The minimum absolute atomic E-state index is 0.737. The number of allylic oxidation sites excluding steroid dienone is 10. The van der Waals surface area contributed by atoms with E-state index in [0.29, 0.717) is 0 Å². The van der Waals surface area contributed by atoms with Crippen LogP contribution in [0.4, 0.5) is 0 Å². The van der Waals surface area contributed by atoms with Crippen molar-refractivity contribution in [3.63, 3.8) is 0 Å². The van der Waals surface area contributed by atoms with Crippen molar-refractivity contribution >= 4 is 0 Å². The van der Waals surface area contributed by atoms with Gasteiger partial charge in [0.25, 0.3) is 0 Å². The van der Waals surface area contributed by atoms with Gasteiger partial charge in [0.15, 0.2) is 0 Å². The maximum absolute atomic E-state index is 3.28. The van der Waals surface area contributed by atoms with E-state index in [1.807, 2.05) is 12.2 Å². The lowest BCUT2D eigenvalue weighted by atomic mass is 9.32. The molecule has 0 aromatic heterocycles. The molecule has 5 aliphatic carbocycles. The van der Waals surface area contributed by atoms with Gasteiger partial charge in [0.2, 0.25) is 0 Å². The molecule has 0 unspecified atom stereocenters. The number of hydrogen-bond acceptors (Lipinski definition) is 0. The van der Waals surface area contributed by atoms with Crippen molar-refractivity contribution in [2.45, 2.75) is 12.8 Å². The summed E-state index contributed by atoms with van der Waals surface area (Å²) in [5.41, 5.74) is 9.00. The van der Waals surface area contributed by atoms with Crippen LogP contribution >= 0.6 is 0 Å². The highest BCUT2D eigenvalue weighted by atomic mass is 14.7. The van der Waals surface area contributed by atoms with Crippen molar-refractivity contribution in [3.05, 3.63) is 83.4 Å². The highest BCUT2D eigenvalue weighted by molar-refractivity contribution is 5.40. The van der Waals surface area contributed by atoms with E-state index in [1.165, 1.54) is 24.0 Å². The van der Waals surface area contributed by atoms with E-state index in [2.05, 4.69) is 60.1 Å². The quantitative estimate of drug-likeness (QED) is 0.643. The zero-order valence-electron chi connectivity index (χ0n) is 12.7. The summed E-state index contributed by atoms with van der Waals surface area (Å²) >= 11 is 0. The first-order valence-electron chi connectivity index (χ1n) is 8.55. The Morgan fingerprint density at radius 1 is 0.773 bits per heavy atom. The molecule has 0 N–H and O–H groups in total. The molecule has 0 spiro atoms. The summed E-state index contributed by atoms with van der Waals surface area (Å²) in [7, 11) is 0. The Hall–Kier alpha value is -2.00. The van der Waals surface area contributed by atoms with E-state index < -0.39 is 0 Å². The van der Waals surface area contributed by atoms with Gasteiger partial charge in [-0.25, -0.2) is 0 Å². The Labute approximate surface area is 132 Å². The van der Waals surface area contributed by atoms with Crippen molar-refractivity contribution in [1.82, 2.24) is 0 Å². The Morgan fingerprint density at radius 2 is 1.27 bits per heavy atom. The summed E-state index contributed by atoms with van der Waals surface area (Å²) in [4.78, 5) is 0. The summed E-state index contributed by atoms with van der Waals surface area (Å²) in [6.45, 7) is 0. The summed E-state index contributed by atoms with van der Waals surface area (Å²) in [6.07, 6.45) is 24.9. The fourth-order valence-electron chi connectivity index (χ4n) is 5.22. The SMILES string of the molecule is C1=CC=CC=1/C=C/[C@@H]1[C@H](/C=C/C2=C=CC=C2)[C@H]2[C@@H]3CC[C@@H]3[C@@H]12. The maximum Gasteiger partial charge on any atom is 0.0161 e. The van der Waals surface area contributed by atoms with Gasteiger partial charge in [-0.15, -0.1) is 11.5 Å². The molecule has 0 bridgehead atoms. The molecule has 0 aromatic carbocycles. The highest BCUT2D eigenvalue weighted by Crippen LogP contribution is 2.72. The van der Waals surface area contributed by atoms with Gasteiger partial charge in [0, 0.05) is 11.1 Å². The van der Waals surface area contributed by atoms with Crippen LogP contribution in [0.2, 0.25) is 0 Å². The standard InChI is InChI=1S/C22H20/c1-2-6-15(5-1)9-11-17-18(12-10-16-7-3-4-8-16)22-20-14-13-19(20)21(17)22/h1-5,7,9-12,17-22H,13-14H2/b11-9+,12-10+/t17-,18+,19+,20-,21-,22+. The van der Waals surface area contributed by atoms with Crippen LogP contribution in [0, 0.1) is 35.5 Å². The first-order chi connectivity index (χ1) is 10.9. The molecule has 0 nitrogen and oxygen atoms in total. The van der Waals surface area contributed by atoms with Crippen LogP contribution in [0.15, 0.2) is 83.4 Å². The van der Waals surface area contributed by atoms with Crippen LogP contribution in [0.25, 0.3) is 0 Å². The van der Waals surface area contributed by atoms with Gasteiger partial charge in [-0.05, 0) is 72.7 Å². The largest absolute Gasteiger partial charge is 0.113 e. The molecule has 5 rings (SSSR count). The molecule has 108 valence electrons. The average Bonchev–Trinajstić information content (AvgIpc) is 3.18. The van der Waals surface area contributed by atoms with Crippen molar-refractivity contribution in [3.8, 4) is 0 Å². The van der Waals surface area contributed by atoms with Crippen LogP contribution in [-0.4, -0.2) is 0 Å². The predicted molar refractivity (Wildman–Crippen MR) is 89.9 cm³/mol. The Morgan fingerprint density at radius 3 is 1.64 bits per heavy atom. The molecule has 22 heavy (non-hydrogen) atoms. The Bertz CT molecular complexity index is 688. The van der Waals surface area contributed by atoms with Gasteiger partial charge in [0.05, 0.1) is 0 Å². The molecule has 3 saturated carbocycles. The second-order valence-corrected chi connectivity index (χ2v) is 7.18. The normalized spacial score (nSPS) is 42.9. The second kappa shape index (κ2) is 4.75. The molecular weight excluding hydrogens is 264 g/mol. The smallest absolute Gasteiger partial charge is 0.0161 e. The third-order valence-electron chi connectivity index (χ3n) is 6.39. The van der Waals surface area contributed by atoms with Crippen LogP contribution in [0.3, 0.4) is 0 Å². The summed E-state index contributed by atoms with van der Waals surface area (Å²) in [5.74, 6) is 5.48. The third-order valence-corrected chi connectivity index (χ3v) is 6.39. The zero-order chi connectivity index (χ0) is 14.5. The molecule has 0 heteroatoms. The predicted octanol–water partition coefficient (Wildman–Crippen LogP) is 4.92. The fourth-order valence-corrected chi connectivity index (χ4v) is 5.22. The first-order valence-corrected chi connectivity index (χ1v) is 8.55. The van der Waals surface area contributed by atoms with Crippen LogP contribution in [-0.2, 0) is 0 Å². The molecule has 0 amide bonds. The molecule has 0 aromatic rings. The van der Waals surface area contributed by atoms with Crippen LogP contribution < -0.4 is 0 Å². The van der Waals surface area contributed by atoms with E-state index in [4.69, 9.17) is 0 Å². The number of rotatable bonds is 4. The van der Waals surface area contributed by atoms with E-state index in [1.54, 1.807) is 0 Å². The minimum atomic E-state index is 0.737. The van der Waals surface area contributed by atoms with Gasteiger partial charge in [-0.3, -0.25) is 0 Å². The van der Waals surface area contributed by atoms with E-state index in [0.717, 1.165) is 35.5 Å². The minimum Gasteiger partial charge on any atom is -0.113 e. The summed E-state index contributed by atoms with van der Waals surface area (Å²) in [6, 6.07) is 0. The highest BCUT2D eigenvalue weighted by Gasteiger charge is 2.67. The molecule has 6 atom stereocenters. The van der Waals surface area contributed by atoms with Gasteiger partial charge in [0.1, 0.15) is 0 Å². The van der Waals surface area contributed by atoms with Crippen LogP contribution in [0.5, 0.6) is 0 Å². The lowest BCUT2D eigenvalue weighted by Crippen LogP contribution is -2.67. The Balaban J connectivity index is 1.36. The molecule has 0 saturated heterocycles. The Kier molecular flexibility index (Phi) is 2.71. The van der Waals surface area contributed by atoms with E-state index >= 15 is 0 Å². The number of fused-ring (bicyclic) bond motifs is 4. The maximum atomic E-state index is 3.28. The second-order valence-electron chi connectivity index (χ2n) is 7.18.